The minimum Gasteiger partial charge on any atom is -0.508 e. The molecule has 2 nitrogen and oxygen atoms in total. The lowest BCUT2D eigenvalue weighted by molar-refractivity contribution is -0.0396. The van der Waals surface area contributed by atoms with E-state index in [4.69, 9.17) is 0 Å². The molecule has 4 rings (SSSR count). The fourth-order valence-electron chi connectivity index (χ4n) is 8.05. The summed E-state index contributed by atoms with van der Waals surface area (Å²) in [6.45, 7) is 7.05. The molecule has 0 aliphatic heterocycles. The molecular formula is C31H50O2. The van der Waals surface area contributed by atoms with Gasteiger partial charge in [0.1, 0.15) is 5.75 Å². The van der Waals surface area contributed by atoms with Crippen molar-refractivity contribution in [2.75, 3.05) is 0 Å². The van der Waals surface area contributed by atoms with Gasteiger partial charge in [-0.25, -0.2) is 0 Å². The third kappa shape index (κ3) is 5.63. The Labute approximate surface area is 203 Å². The van der Waals surface area contributed by atoms with Crippen LogP contribution in [0.25, 0.3) is 0 Å². The average molecular weight is 455 g/mol. The molecule has 2 N–H and O–H groups in total. The fourth-order valence-corrected chi connectivity index (χ4v) is 8.05. The third-order valence-corrected chi connectivity index (χ3v) is 9.94. The minimum atomic E-state index is -0.106. The van der Waals surface area contributed by atoms with Crippen molar-refractivity contribution in [3.8, 4) is 5.75 Å². The molecule has 0 aromatic heterocycles. The largest absolute Gasteiger partial charge is 0.508 e. The molecule has 0 radical (unpaired) electrons. The minimum absolute atomic E-state index is 0.106. The quantitative estimate of drug-likeness (QED) is 0.330. The molecule has 0 heterocycles. The Morgan fingerprint density at radius 3 is 2.36 bits per heavy atom. The van der Waals surface area contributed by atoms with Crippen LogP contribution >= 0.6 is 0 Å². The molecule has 0 unspecified atom stereocenters. The van der Waals surface area contributed by atoms with Gasteiger partial charge in [-0.05, 0) is 96.8 Å². The summed E-state index contributed by atoms with van der Waals surface area (Å²) in [6.07, 6.45) is 19.5. The van der Waals surface area contributed by atoms with Gasteiger partial charge >= 0.3 is 0 Å². The number of aromatic hydroxyl groups is 1. The van der Waals surface area contributed by atoms with Crippen LogP contribution in [-0.2, 0) is 6.42 Å². The van der Waals surface area contributed by atoms with Crippen LogP contribution in [0.1, 0.15) is 128 Å². The lowest BCUT2D eigenvalue weighted by atomic mass is 9.52. The summed E-state index contributed by atoms with van der Waals surface area (Å²) < 4.78 is 0. The van der Waals surface area contributed by atoms with E-state index in [0.717, 1.165) is 37.0 Å². The van der Waals surface area contributed by atoms with Crippen molar-refractivity contribution in [1.82, 2.24) is 0 Å². The van der Waals surface area contributed by atoms with E-state index in [2.05, 4.69) is 32.9 Å². The fraction of sp³-hybridized carbons (Fsp3) is 0.806. The summed E-state index contributed by atoms with van der Waals surface area (Å²) in [5.74, 6) is 4.03. The molecule has 3 aliphatic carbocycles. The standard InChI is InChI=1S/C31H50O2/c1-22(2)12-10-8-6-4-5-7-9-11-13-23-20-24-21-25(32)14-15-26(24)27-18-19-31(3)28(30(23)27)16-17-29(31)33/h14-15,21-23,27-30,32-33H,4-13,16-20H2,1-3H3/t23-,27-,28+,29+,30-,31+/m1/s1. The smallest absolute Gasteiger partial charge is 0.115 e. The normalized spacial score (nSPS) is 33.1. The number of phenols is 1. The Bertz CT molecular complexity index is 755. The highest BCUT2D eigenvalue weighted by molar-refractivity contribution is 5.40. The van der Waals surface area contributed by atoms with Gasteiger partial charge in [-0.1, -0.05) is 84.6 Å². The number of rotatable bonds is 11. The number of benzene rings is 1. The average Bonchev–Trinajstić information content (AvgIpc) is 3.08. The van der Waals surface area contributed by atoms with E-state index in [9.17, 15) is 10.2 Å². The van der Waals surface area contributed by atoms with Crippen molar-refractivity contribution in [3.05, 3.63) is 29.3 Å². The lowest BCUT2D eigenvalue weighted by Crippen LogP contribution is -2.47. The molecule has 33 heavy (non-hydrogen) atoms. The van der Waals surface area contributed by atoms with Gasteiger partial charge in [0.05, 0.1) is 6.10 Å². The van der Waals surface area contributed by atoms with Crippen LogP contribution in [0.2, 0.25) is 0 Å². The molecular weight excluding hydrogens is 404 g/mol. The Balaban J connectivity index is 1.31. The third-order valence-electron chi connectivity index (χ3n) is 9.94. The highest BCUT2D eigenvalue weighted by Crippen LogP contribution is 2.62. The Kier molecular flexibility index (Phi) is 8.47. The number of aliphatic hydroxyl groups is 1. The lowest BCUT2D eigenvalue weighted by Gasteiger charge is -2.53. The van der Waals surface area contributed by atoms with Crippen LogP contribution in [0, 0.1) is 29.1 Å². The maximum Gasteiger partial charge on any atom is 0.115 e. The number of unbranched alkanes of at least 4 members (excludes halogenated alkanes) is 7. The number of fused-ring (bicyclic) bond motifs is 5. The van der Waals surface area contributed by atoms with Gasteiger partial charge in [0.2, 0.25) is 0 Å². The van der Waals surface area contributed by atoms with E-state index in [1.165, 1.54) is 88.2 Å². The topological polar surface area (TPSA) is 40.5 Å². The van der Waals surface area contributed by atoms with Gasteiger partial charge in [-0.3, -0.25) is 0 Å². The molecule has 2 fully saturated rings. The molecule has 3 aliphatic rings. The van der Waals surface area contributed by atoms with Gasteiger partial charge in [-0.2, -0.15) is 0 Å². The monoisotopic (exact) mass is 454 g/mol. The molecule has 186 valence electrons. The van der Waals surface area contributed by atoms with Crippen molar-refractivity contribution in [1.29, 1.82) is 0 Å². The number of phenolic OH excluding ortho intramolecular Hbond substituents is 1. The van der Waals surface area contributed by atoms with Crippen molar-refractivity contribution >= 4 is 0 Å². The summed E-state index contributed by atoms with van der Waals surface area (Å²) in [5, 5.41) is 21.0. The first kappa shape index (κ1) is 25.1. The number of hydrogen-bond donors (Lipinski definition) is 2. The van der Waals surface area contributed by atoms with E-state index in [0.29, 0.717) is 17.6 Å². The van der Waals surface area contributed by atoms with Crippen LogP contribution in [0.5, 0.6) is 5.75 Å². The number of hydrogen-bond acceptors (Lipinski definition) is 2. The highest BCUT2D eigenvalue weighted by Gasteiger charge is 2.56. The molecule has 2 saturated carbocycles. The number of aliphatic hydroxyl groups excluding tert-OH is 1. The van der Waals surface area contributed by atoms with Crippen LogP contribution in [-0.4, -0.2) is 16.3 Å². The van der Waals surface area contributed by atoms with E-state index >= 15 is 0 Å². The first-order valence-electron chi connectivity index (χ1n) is 14.4. The highest BCUT2D eigenvalue weighted by atomic mass is 16.3. The Hall–Kier alpha value is -1.02. The molecule has 2 heteroatoms. The van der Waals surface area contributed by atoms with Gasteiger partial charge in [-0.15, -0.1) is 0 Å². The predicted octanol–water partition coefficient (Wildman–Crippen LogP) is 8.39. The molecule has 0 bridgehead atoms. The second-order valence-electron chi connectivity index (χ2n) is 12.6. The van der Waals surface area contributed by atoms with Crippen molar-refractivity contribution < 1.29 is 10.2 Å². The van der Waals surface area contributed by atoms with Crippen LogP contribution in [0.4, 0.5) is 0 Å². The van der Waals surface area contributed by atoms with Crippen LogP contribution < -0.4 is 0 Å². The molecule has 0 saturated heterocycles. The predicted molar refractivity (Wildman–Crippen MR) is 139 cm³/mol. The summed E-state index contributed by atoms with van der Waals surface area (Å²) in [5.41, 5.74) is 3.04. The zero-order valence-electron chi connectivity index (χ0n) is 21.7. The summed E-state index contributed by atoms with van der Waals surface area (Å²) in [6, 6.07) is 6.17. The zero-order valence-corrected chi connectivity index (χ0v) is 21.7. The van der Waals surface area contributed by atoms with E-state index in [1.807, 2.05) is 6.07 Å². The summed E-state index contributed by atoms with van der Waals surface area (Å²) in [4.78, 5) is 0. The van der Waals surface area contributed by atoms with Gasteiger partial charge in [0.25, 0.3) is 0 Å². The molecule has 1 aromatic rings. The van der Waals surface area contributed by atoms with Crippen molar-refractivity contribution in [3.63, 3.8) is 0 Å². The molecule has 1 aromatic carbocycles. The SMILES string of the molecule is CC(C)CCCCCCCCCC[C@@H]1Cc2cc(O)ccc2[C@H]2CC[C@]3(C)[C@@H](O)CC[C@H]3[C@H]12. The van der Waals surface area contributed by atoms with Crippen LogP contribution in [0.15, 0.2) is 18.2 Å². The zero-order chi connectivity index (χ0) is 23.4. The van der Waals surface area contributed by atoms with Crippen molar-refractivity contribution in [2.24, 2.45) is 29.1 Å². The van der Waals surface area contributed by atoms with Crippen LogP contribution in [0.3, 0.4) is 0 Å². The second kappa shape index (κ2) is 11.1. The first-order chi connectivity index (χ1) is 15.9. The summed E-state index contributed by atoms with van der Waals surface area (Å²) >= 11 is 0. The first-order valence-corrected chi connectivity index (χ1v) is 14.4. The maximum atomic E-state index is 10.8. The Morgan fingerprint density at radius 2 is 1.64 bits per heavy atom. The molecule has 0 spiro atoms. The Morgan fingerprint density at radius 1 is 0.939 bits per heavy atom. The maximum absolute atomic E-state index is 10.8. The van der Waals surface area contributed by atoms with E-state index in [-0.39, 0.29) is 11.5 Å². The second-order valence-corrected chi connectivity index (χ2v) is 12.6. The van der Waals surface area contributed by atoms with Crippen molar-refractivity contribution in [2.45, 2.75) is 129 Å². The molecule has 6 atom stereocenters. The molecule has 0 amide bonds. The van der Waals surface area contributed by atoms with Gasteiger partial charge < -0.3 is 10.2 Å². The van der Waals surface area contributed by atoms with E-state index in [1.54, 1.807) is 0 Å². The van der Waals surface area contributed by atoms with E-state index < -0.39 is 0 Å². The van der Waals surface area contributed by atoms with Gasteiger partial charge in [0, 0.05) is 0 Å². The summed E-state index contributed by atoms with van der Waals surface area (Å²) in [7, 11) is 0. The van der Waals surface area contributed by atoms with Gasteiger partial charge in [0.15, 0.2) is 0 Å².